The molecule has 29 heavy (non-hydrogen) atoms. The summed E-state index contributed by atoms with van der Waals surface area (Å²) in [7, 11) is -0.547. The molecular weight excluding hydrogens is 416 g/mol. The summed E-state index contributed by atoms with van der Waals surface area (Å²) in [5.41, 5.74) is 1.09. The fourth-order valence-electron chi connectivity index (χ4n) is 2.52. The summed E-state index contributed by atoms with van der Waals surface area (Å²) in [6.07, 6.45) is 0. The van der Waals surface area contributed by atoms with E-state index in [0.717, 1.165) is 9.69 Å². The quantitative estimate of drug-likeness (QED) is 0.322. The second-order valence-corrected chi connectivity index (χ2v) is 8.82. The lowest BCUT2D eigenvalue weighted by atomic mass is 10.1. The molecule has 2 aromatic carbocycles. The van der Waals surface area contributed by atoms with Crippen molar-refractivity contribution in [1.82, 2.24) is 9.29 Å². The Bertz CT molecular complexity index is 1130. The Hall–Kier alpha value is -2.68. The molecule has 0 saturated carbocycles. The highest BCUT2D eigenvalue weighted by molar-refractivity contribution is 7.89. The van der Waals surface area contributed by atoms with Gasteiger partial charge in [0.1, 0.15) is 24.1 Å². The third-order valence-electron chi connectivity index (χ3n) is 4.08. The van der Waals surface area contributed by atoms with Gasteiger partial charge in [-0.25, -0.2) is 22.5 Å². The van der Waals surface area contributed by atoms with Crippen molar-refractivity contribution in [3.05, 3.63) is 65.3 Å². The third-order valence-corrected chi connectivity index (χ3v) is 6.12. The lowest BCUT2D eigenvalue weighted by Gasteiger charge is -2.12. The summed E-state index contributed by atoms with van der Waals surface area (Å²) in [4.78, 5) is 16.5. The monoisotopic (exact) mass is 434 g/mol. The molecule has 3 aromatic rings. The summed E-state index contributed by atoms with van der Waals surface area (Å²) in [6, 6.07) is 14.5. The molecule has 1 heterocycles. The number of hydrogen-bond acceptors (Lipinski definition) is 6. The van der Waals surface area contributed by atoms with Gasteiger partial charge in [-0.1, -0.05) is 11.6 Å². The fourth-order valence-corrected chi connectivity index (χ4v) is 3.58. The van der Waals surface area contributed by atoms with Crippen molar-refractivity contribution in [2.24, 2.45) is 0 Å². The van der Waals surface area contributed by atoms with Crippen LogP contribution in [0, 0.1) is 0 Å². The van der Waals surface area contributed by atoms with Crippen molar-refractivity contribution < 1.29 is 22.7 Å². The first kappa shape index (κ1) is 21.0. The van der Waals surface area contributed by atoms with E-state index in [2.05, 4.69) is 4.98 Å². The second-order valence-electron chi connectivity index (χ2n) is 6.28. The SMILES string of the molecule is CN(C)S(=O)(=O)c1ccc(OCCOC(=O)c2ccc3nc(Cl)ccc3c2)cc1. The molecule has 0 fully saturated rings. The predicted octanol–water partition coefficient (Wildman–Crippen LogP) is 3.37. The molecule has 0 radical (unpaired) electrons. The molecule has 0 bridgehead atoms. The van der Waals surface area contributed by atoms with Gasteiger partial charge in [-0.2, -0.15) is 0 Å². The number of aromatic nitrogens is 1. The van der Waals surface area contributed by atoms with Gasteiger partial charge in [0.2, 0.25) is 10.0 Å². The van der Waals surface area contributed by atoms with Crippen LogP contribution in [0.3, 0.4) is 0 Å². The Kier molecular flexibility index (Phi) is 6.36. The lowest BCUT2D eigenvalue weighted by Crippen LogP contribution is -2.22. The number of pyridine rings is 1. The Morgan fingerprint density at radius 3 is 2.45 bits per heavy atom. The predicted molar refractivity (Wildman–Crippen MR) is 110 cm³/mol. The highest BCUT2D eigenvalue weighted by atomic mass is 35.5. The molecule has 0 unspecified atom stereocenters. The van der Waals surface area contributed by atoms with E-state index in [0.29, 0.717) is 22.0 Å². The number of rotatable bonds is 7. The van der Waals surface area contributed by atoms with Crippen LogP contribution in [0.25, 0.3) is 10.9 Å². The average molecular weight is 435 g/mol. The van der Waals surface area contributed by atoms with Gasteiger partial charge < -0.3 is 9.47 Å². The largest absolute Gasteiger partial charge is 0.490 e. The number of hydrogen-bond donors (Lipinski definition) is 0. The average Bonchev–Trinajstić information content (AvgIpc) is 2.70. The molecule has 9 heteroatoms. The molecule has 0 amide bonds. The highest BCUT2D eigenvalue weighted by Crippen LogP contribution is 2.19. The Morgan fingerprint density at radius 1 is 1.03 bits per heavy atom. The van der Waals surface area contributed by atoms with Crippen molar-refractivity contribution in [2.45, 2.75) is 4.90 Å². The van der Waals surface area contributed by atoms with Crippen molar-refractivity contribution >= 4 is 38.5 Å². The minimum atomic E-state index is -3.48. The van der Waals surface area contributed by atoms with Crippen molar-refractivity contribution in [3.63, 3.8) is 0 Å². The summed E-state index contributed by atoms with van der Waals surface area (Å²) >= 11 is 5.85. The minimum Gasteiger partial charge on any atom is -0.490 e. The van der Waals surface area contributed by atoms with Crippen LogP contribution in [0.5, 0.6) is 5.75 Å². The molecule has 0 aliphatic heterocycles. The zero-order valence-corrected chi connectivity index (χ0v) is 17.4. The van der Waals surface area contributed by atoms with Crippen LogP contribution in [0.15, 0.2) is 59.5 Å². The van der Waals surface area contributed by atoms with Crippen molar-refractivity contribution in [1.29, 1.82) is 0 Å². The summed E-state index contributed by atoms with van der Waals surface area (Å²) in [6.45, 7) is 0.184. The zero-order chi connectivity index (χ0) is 21.0. The summed E-state index contributed by atoms with van der Waals surface area (Å²) in [5, 5.41) is 1.17. The van der Waals surface area contributed by atoms with Crippen LogP contribution in [-0.4, -0.2) is 51.0 Å². The number of carbonyl (C=O) groups excluding carboxylic acids is 1. The lowest BCUT2D eigenvalue weighted by molar-refractivity contribution is 0.0450. The van der Waals surface area contributed by atoms with E-state index in [1.165, 1.54) is 26.2 Å². The highest BCUT2D eigenvalue weighted by Gasteiger charge is 2.16. The number of halogens is 1. The van der Waals surface area contributed by atoms with Gasteiger partial charge in [0.25, 0.3) is 0 Å². The van der Waals surface area contributed by atoms with E-state index in [-0.39, 0.29) is 18.1 Å². The molecule has 1 aromatic heterocycles. The van der Waals surface area contributed by atoms with Crippen LogP contribution in [0.1, 0.15) is 10.4 Å². The van der Waals surface area contributed by atoms with E-state index in [1.54, 1.807) is 42.5 Å². The summed E-state index contributed by atoms with van der Waals surface area (Å²) < 4.78 is 35.9. The topological polar surface area (TPSA) is 85.8 Å². The Morgan fingerprint density at radius 2 is 1.76 bits per heavy atom. The summed E-state index contributed by atoms with van der Waals surface area (Å²) in [5.74, 6) is 0.00490. The van der Waals surface area contributed by atoms with Gasteiger partial charge in [0, 0.05) is 19.5 Å². The van der Waals surface area contributed by atoms with Crippen molar-refractivity contribution in [3.8, 4) is 5.75 Å². The number of fused-ring (bicyclic) bond motifs is 1. The van der Waals surface area contributed by atoms with E-state index >= 15 is 0 Å². The number of carbonyl (C=O) groups is 1. The minimum absolute atomic E-state index is 0.0491. The van der Waals surface area contributed by atoms with Gasteiger partial charge in [-0.05, 0) is 54.6 Å². The molecule has 152 valence electrons. The fraction of sp³-hybridized carbons (Fsp3) is 0.200. The van der Waals surface area contributed by atoms with E-state index in [9.17, 15) is 13.2 Å². The molecule has 0 saturated heterocycles. The van der Waals surface area contributed by atoms with Gasteiger partial charge in [-0.15, -0.1) is 0 Å². The molecule has 0 aliphatic carbocycles. The molecule has 0 N–H and O–H groups in total. The molecule has 7 nitrogen and oxygen atoms in total. The molecule has 0 atom stereocenters. The number of benzene rings is 2. The normalized spacial score (nSPS) is 11.6. The Labute approximate surface area is 173 Å². The first-order valence-electron chi connectivity index (χ1n) is 8.66. The van der Waals surface area contributed by atoms with Gasteiger partial charge >= 0.3 is 5.97 Å². The van der Waals surface area contributed by atoms with Gasteiger partial charge in [-0.3, -0.25) is 0 Å². The maximum absolute atomic E-state index is 12.2. The second kappa shape index (κ2) is 8.77. The Balaban J connectivity index is 1.52. The maximum Gasteiger partial charge on any atom is 0.338 e. The van der Waals surface area contributed by atoms with Crippen LogP contribution in [-0.2, 0) is 14.8 Å². The maximum atomic E-state index is 12.2. The standard InChI is InChI=1S/C20H19ClN2O5S/c1-23(2)29(25,26)17-7-5-16(6-8-17)27-11-12-28-20(24)15-3-9-18-14(13-15)4-10-19(21)22-18/h3-10,13H,11-12H2,1-2H3. The van der Waals surface area contributed by atoms with Crippen LogP contribution in [0.2, 0.25) is 5.15 Å². The van der Waals surface area contributed by atoms with Crippen LogP contribution < -0.4 is 4.74 Å². The molecule has 0 aliphatic rings. The molecule has 0 spiro atoms. The van der Waals surface area contributed by atoms with E-state index in [4.69, 9.17) is 21.1 Å². The zero-order valence-electron chi connectivity index (χ0n) is 15.8. The molecule has 3 rings (SSSR count). The van der Waals surface area contributed by atoms with Gasteiger partial charge in [0.15, 0.2) is 0 Å². The first-order chi connectivity index (χ1) is 13.8. The van der Waals surface area contributed by atoms with Crippen LogP contribution >= 0.6 is 11.6 Å². The van der Waals surface area contributed by atoms with Gasteiger partial charge in [0.05, 0.1) is 16.0 Å². The number of nitrogens with zero attached hydrogens (tertiary/aromatic N) is 2. The first-order valence-corrected chi connectivity index (χ1v) is 10.5. The number of ether oxygens (including phenoxy) is 2. The number of sulfonamides is 1. The van der Waals surface area contributed by atoms with Crippen LogP contribution in [0.4, 0.5) is 0 Å². The van der Waals surface area contributed by atoms with E-state index < -0.39 is 16.0 Å². The molecular formula is C20H19ClN2O5S. The van der Waals surface area contributed by atoms with E-state index in [1.807, 2.05) is 0 Å². The smallest absolute Gasteiger partial charge is 0.338 e. The third kappa shape index (κ3) is 5.03. The number of esters is 1. The van der Waals surface area contributed by atoms with Crippen molar-refractivity contribution in [2.75, 3.05) is 27.3 Å².